The molecule has 0 N–H and O–H groups in total. The summed E-state index contributed by atoms with van der Waals surface area (Å²) in [7, 11) is 4.37. The molecule has 2 aromatic carbocycles. The Hall–Kier alpha value is -1.84. The molecule has 0 bridgehead atoms. The molecule has 1 heterocycles. The van der Waals surface area contributed by atoms with Crippen molar-refractivity contribution in [2.24, 2.45) is 0 Å². The molecule has 1 aliphatic heterocycles. The molecule has 0 amide bonds. The number of morpholine rings is 1. The zero-order chi connectivity index (χ0) is 18.4. The summed E-state index contributed by atoms with van der Waals surface area (Å²) in [6.07, 6.45) is 4.52. The summed E-state index contributed by atoms with van der Waals surface area (Å²) in [5.74, 6) is 0. The highest BCUT2D eigenvalue weighted by atomic mass is 16.5. The minimum absolute atomic E-state index is 0.0157. The Bertz CT molecular complexity index is 662. The fraction of sp³-hybridized carbons (Fsp3) is 0.435. The smallest absolute Gasteiger partial charge is 0.0642 e. The highest BCUT2D eigenvalue weighted by Crippen LogP contribution is 2.30. The lowest BCUT2D eigenvalue weighted by Gasteiger charge is -2.40. The van der Waals surface area contributed by atoms with Gasteiger partial charge in [0.2, 0.25) is 0 Å². The van der Waals surface area contributed by atoms with Crippen LogP contribution in [0.2, 0.25) is 0 Å². The van der Waals surface area contributed by atoms with Gasteiger partial charge in [-0.3, -0.25) is 0 Å². The third-order valence-electron chi connectivity index (χ3n) is 5.56. The second kappa shape index (κ2) is 8.70. The normalized spacial score (nSPS) is 17.3. The van der Waals surface area contributed by atoms with Crippen LogP contribution in [0.5, 0.6) is 0 Å². The number of anilines is 1. The Kier molecular flexibility index (Phi) is 6.33. The third-order valence-corrected chi connectivity index (χ3v) is 5.56. The summed E-state index contributed by atoms with van der Waals surface area (Å²) in [6, 6.07) is 19.8. The van der Waals surface area contributed by atoms with E-state index in [9.17, 15) is 0 Å². The molecule has 1 saturated heterocycles. The van der Waals surface area contributed by atoms with Crippen molar-refractivity contribution in [1.82, 2.24) is 4.90 Å². The van der Waals surface area contributed by atoms with Gasteiger partial charge in [-0.05, 0) is 50.2 Å². The molecule has 3 rings (SSSR count). The average Bonchev–Trinajstić information content (AvgIpc) is 2.69. The van der Waals surface area contributed by atoms with Gasteiger partial charge < -0.3 is 14.5 Å². The standard InChI is InChI=1S/C23H31N2O/c1-4-23(24(2)3,18-20-8-6-5-7-9-20)19-21-10-12-22(13-11-21)25-14-16-26-17-15-25/h5-13,19H,4,14-18H2,1-3H3. The number of rotatable bonds is 7. The largest absolute Gasteiger partial charge is 0.378 e. The van der Waals surface area contributed by atoms with Crippen molar-refractivity contribution >= 4 is 5.69 Å². The molecule has 0 spiro atoms. The summed E-state index contributed by atoms with van der Waals surface area (Å²) >= 11 is 0. The molecule has 2 aromatic rings. The monoisotopic (exact) mass is 351 g/mol. The van der Waals surface area contributed by atoms with E-state index in [2.05, 4.69) is 91.8 Å². The molecule has 1 unspecified atom stereocenters. The first-order valence-corrected chi connectivity index (χ1v) is 9.63. The highest BCUT2D eigenvalue weighted by Gasteiger charge is 2.31. The first-order valence-electron chi connectivity index (χ1n) is 9.63. The van der Waals surface area contributed by atoms with Crippen LogP contribution in [0.15, 0.2) is 54.6 Å². The first-order chi connectivity index (χ1) is 12.6. The molecular formula is C23H31N2O. The van der Waals surface area contributed by atoms with Crippen molar-refractivity contribution in [3.05, 3.63) is 72.1 Å². The van der Waals surface area contributed by atoms with Crippen LogP contribution in [0.4, 0.5) is 5.69 Å². The maximum absolute atomic E-state index is 5.45. The van der Waals surface area contributed by atoms with Crippen LogP contribution < -0.4 is 4.90 Å². The van der Waals surface area contributed by atoms with E-state index in [-0.39, 0.29) is 5.54 Å². The fourth-order valence-electron chi connectivity index (χ4n) is 3.74. The van der Waals surface area contributed by atoms with Crippen molar-refractivity contribution in [2.75, 3.05) is 45.3 Å². The minimum atomic E-state index is 0.0157. The molecule has 0 aromatic heterocycles. The van der Waals surface area contributed by atoms with Gasteiger partial charge in [0, 0.05) is 30.7 Å². The van der Waals surface area contributed by atoms with Gasteiger partial charge in [-0.1, -0.05) is 49.4 Å². The van der Waals surface area contributed by atoms with Gasteiger partial charge in [-0.25, -0.2) is 0 Å². The SMILES string of the molecule is CCC([CH]c1ccc(N2CCOCC2)cc1)(Cc1ccccc1)N(C)C. The maximum Gasteiger partial charge on any atom is 0.0642 e. The Morgan fingerprint density at radius 2 is 1.65 bits per heavy atom. The topological polar surface area (TPSA) is 15.7 Å². The summed E-state index contributed by atoms with van der Waals surface area (Å²) in [6.45, 7) is 5.89. The molecule has 139 valence electrons. The fourth-order valence-corrected chi connectivity index (χ4v) is 3.74. The van der Waals surface area contributed by atoms with Crippen LogP contribution in [-0.4, -0.2) is 50.8 Å². The predicted molar refractivity (Wildman–Crippen MR) is 110 cm³/mol. The van der Waals surface area contributed by atoms with Gasteiger partial charge >= 0.3 is 0 Å². The van der Waals surface area contributed by atoms with Gasteiger partial charge in [0.15, 0.2) is 0 Å². The quantitative estimate of drug-likeness (QED) is 0.749. The molecule has 1 fully saturated rings. The molecule has 26 heavy (non-hydrogen) atoms. The molecule has 0 saturated carbocycles. The summed E-state index contributed by atoms with van der Waals surface area (Å²) in [4.78, 5) is 4.76. The summed E-state index contributed by atoms with van der Waals surface area (Å²) in [5.41, 5.74) is 3.97. The van der Waals surface area contributed by atoms with Crippen LogP contribution >= 0.6 is 0 Å². The Morgan fingerprint density at radius 3 is 2.23 bits per heavy atom. The van der Waals surface area contributed by atoms with Gasteiger partial charge in [-0.2, -0.15) is 0 Å². The Labute approximate surface area is 158 Å². The molecule has 0 aliphatic carbocycles. The van der Waals surface area contributed by atoms with E-state index in [0.29, 0.717) is 0 Å². The van der Waals surface area contributed by atoms with Crippen LogP contribution in [0, 0.1) is 6.42 Å². The van der Waals surface area contributed by atoms with E-state index < -0.39 is 0 Å². The lowest BCUT2D eigenvalue weighted by molar-refractivity contribution is 0.122. The van der Waals surface area contributed by atoms with E-state index in [1.807, 2.05) is 0 Å². The van der Waals surface area contributed by atoms with Crippen molar-refractivity contribution in [2.45, 2.75) is 25.3 Å². The Morgan fingerprint density at radius 1 is 1.00 bits per heavy atom. The van der Waals surface area contributed by atoms with E-state index in [1.54, 1.807) is 0 Å². The van der Waals surface area contributed by atoms with Gasteiger partial charge in [-0.15, -0.1) is 0 Å². The van der Waals surface area contributed by atoms with Crippen LogP contribution in [0.1, 0.15) is 24.5 Å². The first kappa shape index (κ1) is 18.9. The third kappa shape index (κ3) is 4.46. The number of benzene rings is 2. The van der Waals surface area contributed by atoms with Crippen molar-refractivity contribution in [3.8, 4) is 0 Å². The molecule has 1 aliphatic rings. The molecule has 3 heteroatoms. The summed E-state index contributed by atoms with van der Waals surface area (Å²) in [5, 5.41) is 0. The van der Waals surface area contributed by atoms with E-state index >= 15 is 0 Å². The number of likely N-dealkylation sites (N-methyl/N-ethyl adjacent to an activating group) is 1. The number of ether oxygens (including phenoxy) is 1. The molecule has 1 radical (unpaired) electrons. The van der Waals surface area contributed by atoms with Crippen molar-refractivity contribution in [3.63, 3.8) is 0 Å². The maximum atomic E-state index is 5.45. The van der Waals surface area contributed by atoms with Gasteiger partial charge in [0.1, 0.15) is 0 Å². The van der Waals surface area contributed by atoms with Crippen LogP contribution in [0.25, 0.3) is 0 Å². The minimum Gasteiger partial charge on any atom is -0.378 e. The van der Waals surface area contributed by atoms with E-state index in [0.717, 1.165) is 39.1 Å². The second-order valence-electron chi connectivity index (χ2n) is 7.35. The van der Waals surface area contributed by atoms with Crippen LogP contribution in [0.3, 0.4) is 0 Å². The number of hydrogen-bond donors (Lipinski definition) is 0. The van der Waals surface area contributed by atoms with Gasteiger partial charge in [0.05, 0.1) is 13.2 Å². The number of nitrogens with zero attached hydrogens (tertiary/aromatic N) is 2. The van der Waals surface area contributed by atoms with Crippen molar-refractivity contribution < 1.29 is 4.74 Å². The zero-order valence-corrected chi connectivity index (χ0v) is 16.3. The summed E-state index contributed by atoms with van der Waals surface area (Å²) < 4.78 is 5.45. The van der Waals surface area contributed by atoms with E-state index in [1.165, 1.54) is 16.8 Å². The van der Waals surface area contributed by atoms with E-state index in [4.69, 9.17) is 4.74 Å². The molecule has 1 atom stereocenters. The number of hydrogen-bond acceptors (Lipinski definition) is 3. The van der Waals surface area contributed by atoms with Crippen LogP contribution in [-0.2, 0) is 11.2 Å². The Balaban J connectivity index is 1.76. The second-order valence-corrected chi connectivity index (χ2v) is 7.35. The highest BCUT2D eigenvalue weighted by molar-refractivity contribution is 5.49. The molecular weight excluding hydrogens is 320 g/mol. The zero-order valence-electron chi connectivity index (χ0n) is 16.3. The predicted octanol–water partition coefficient (Wildman–Crippen LogP) is 4.03. The lowest BCUT2D eigenvalue weighted by Crippen LogP contribution is -2.46. The van der Waals surface area contributed by atoms with Crippen molar-refractivity contribution in [1.29, 1.82) is 0 Å². The average molecular weight is 352 g/mol. The van der Waals surface area contributed by atoms with Gasteiger partial charge in [0.25, 0.3) is 0 Å². The molecule has 3 nitrogen and oxygen atoms in total. The lowest BCUT2D eigenvalue weighted by atomic mass is 9.81.